The van der Waals surface area contributed by atoms with E-state index in [2.05, 4.69) is 13.8 Å². The summed E-state index contributed by atoms with van der Waals surface area (Å²) >= 11 is 0. The standard InChI is InChI=1S/C14H24N2O3.ClH/c1-13(2,3)10(15)11(17)16-6-7-8(14(7,4)5)9(16)12(18)19;/h7-10H,6,15H2,1-5H3,(H,18,19);1H/t7-,8-,9-,10?;/m0./s1. The molecule has 1 aliphatic carbocycles. The van der Waals surface area contributed by atoms with Crippen LogP contribution in [0.25, 0.3) is 0 Å². The fourth-order valence-corrected chi connectivity index (χ4v) is 3.34. The van der Waals surface area contributed by atoms with Gasteiger partial charge in [0.05, 0.1) is 6.04 Å². The fourth-order valence-electron chi connectivity index (χ4n) is 3.34. The molecule has 1 amide bonds. The first-order valence-electron chi connectivity index (χ1n) is 6.78. The molecule has 1 saturated heterocycles. The van der Waals surface area contributed by atoms with Gasteiger partial charge in [0.15, 0.2) is 0 Å². The first-order chi connectivity index (χ1) is 8.49. The Balaban J connectivity index is 0.00000200. The first-order valence-corrected chi connectivity index (χ1v) is 6.78. The third-order valence-electron chi connectivity index (χ3n) is 4.94. The lowest BCUT2D eigenvalue weighted by Gasteiger charge is -2.34. The van der Waals surface area contributed by atoms with Gasteiger partial charge in [-0.2, -0.15) is 0 Å². The molecule has 116 valence electrons. The largest absolute Gasteiger partial charge is 0.480 e. The Morgan fingerprint density at radius 2 is 1.85 bits per heavy atom. The Hall–Kier alpha value is -0.810. The molecule has 2 fully saturated rings. The third-order valence-corrected chi connectivity index (χ3v) is 4.94. The second-order valence-electron chi connectivity index (χ2n) is 7.57. The number of fused-ring (bicyclic) bond motifs is 1. The number of aliphatic carboxylic acids is 1. The summed E-state index contributed by atoms with van der Waals surface area (Å²) in [5, 5.41) is 9.41. The van der Waals surface area contributed by atoms with Crippen molar-refractivity contribution >= 4 is 24.3 Å². The summed E-state index contributed by atoms with van der Waals surface area (Å²) in [6, 6.07) is -1.36. The Morgan fingerprint density at radius 3 is 2.25 bits per heavy atom. The van der Waals surface area contributed by atoms with Crippen molar-refractivity contribution in [1.29, 1.82) is 0 Å². The number of carboxylic acids is 1. The zero-order valence-electron chi connectivity index (χ0n) is 12.7. The lowest BCUT2D eigenvalue weighted by Crippen LogP contribution is -2.55. The van der Waals surface area contributed by atoms with Crippen molar-refractivity contribution in [3.05, 3.63) is 0 Å². The van der Waals surface area contributed by atoms with Crippen LogP contribution < -0.4 is 5.73 Å². The molecule has 1 heterocycles. The lowest BCUT2D eigenvalue weighted by molar-refractivity contribution is -0.151. The Morgan fingerprint density at radius 1 is 1.35 bits per heavy atom. The van der Waals surface area contributed by atoms with Gasteiger partial charge in [-0.05, 0) is 16.7 Å². The smallest absolute Gasteiger partial charge is 0.326 e. The SMILES string of the molecule is CC(C)(C)C(N)C(=O)N1C[C@H]2[C@@H]([C@H]1C(=O)O)C2(C)C.Cl. The van der Waals surface area contributed by atoms with Gasteiger partial charge >= 0.3 is 5.97 Å². The molecule has 0 bridgehead atoms. The van der Waals surface area contributed by atoms with E-state index in [0.29, 0.717) is 12.5 Å². The van der Waals surface area contributed by atoms with Crippen LogP contribution in [-0.2, 0) is 9.59 Å². The number of halogens is 1. The highest BCUT2D eigenvalue weighted by atomic mass is 35.5. The average Bonchev–Trinajstić information content (AvgIpc) is 2.65. The summed E-state index contributed by atoms with van der Waals surface area (Å²) in [6.07, 6.45) is 0. The molecule has 1 saturated carbocycles. The van der Waals surface area contributed by atoms with E-state index in [9.17, 15) is 14.7 Å². The van der Waals surface area contributed by atoms with Crippen LogP contribution in [0.1, 0.15) is 34.6 Å². The highest BCUT2D eigenvalue weighted by molar-refractivity contribution is 5.89. The molecular formula is C14H25ClN2O3. The Bertz CT molecular complexity index is 431. The van der Waals surface area contributed by atoms with E-state index in [-0.39, 0.29) is 35.1 Å². The lowest BCUT2D eigenvalue weighted by atomic mass is 9.86. The van der Waals surface area contributed by atoms with Gasteiger partial charge in [-0.15, -0.1) is 12.4 Å². The number of carbonyl (C=O) groups excluding carboxylic acids is 1. The highest BCUT2D eigenvalue weighted by Gasteiger charge is 2.69. The Labute approximate surface area is 126 Å². The van der Waals surface area contributed by atoms with Crippen molar-refractivity contribution < 1.29 is 14.7 Å². The van der Waals surface area contributed by atoms with Crippen LogP contribution in [0, 0.1) is 22.7 Å². The van der Waals surface area contributed by atoms with Crippen molar-refractivity contribution in [3.63, 3.8) is 0 Å². The van der Waals surface area contributed by atoms with Crippen LogP contribution in [0.2, 0.25) is 0 Å². The zero-order valence-corrected chi connectivity index (χ0v) is 13.5. The molecule has 0 aromatic heterocycles. The first kappa shape index (κ1) is 17.2. The average molecular weight is 305 g/mol. The molecule has 2 aliphatic rings. The number of carboxylic acid groups (broad SMARTS) is 1. The molecule has 1 aliphatic heterocycles. The predicted molar refractivity (Wildman–Crippen MR) is 78.6 cm³/mol. The van der Waals surface area contributed by atoms with Gasteiger partial charge in [0, 0.05) is 12.5 Å². The number of nitrogens with two attached hydrogens (primary N) is 1. The zero-order chi connectivity index (χ0) is 14.7. The molecule has 5 nitrogen and oxygen atoms in total. The molecule has 3 N–H and O–H groups in total. The number of amides is 1. The summed E-state index contributed by atoms with van der Waals surface area (Å²) < 4.78 is 0. The Kier molecular flexibility index (Phi) is 4.21. The molecule has 0 aromatic rings. The van der Waals surface area contributed by atoms with E-state index in [4.69, 9.17) is 5.73 Å². The van der Waals surface area contributed by atoms with Crippen LogP contribution >= 0.6 is 12.4 Å². The van der Waals surface area contributed by atoms with Gasteiger partial charge in [0.25, 0.3) is 0 Å². The fraction of sp³-hybridized carbons (Fsp3) is 0.857. The van der Waals surface area contributed by atoms with E-state index in [1.165, 1.54) is 4.90 Å². The summed E-state index contributed by atoms with van der Waals surface area (Å²) in [6.45, 7) is 10.4. The van der Waals surface area contributed by atoms with E-state index in [1.54, 1.807) is 0 Å². The van der Waals surface area contributed by atoms with Crippen molar-refractivity contribution in [1.82, 2.24) is 4.90 Å². The van der Waals surface area contributed by atoms with Gasteiger partial charge in [-0.1, -0.05) is 34.6 Å². The van der Waals surface area contributed by atoms with Gasteiger partial charge in [0.1, 0.15) is 6.04 Å². The molecule has 1 unspecified atom stereocenters. The molecule has 4 atom stereocenters. The number of piperidine rings is 1. The molecule has 6 heteroatoms. The number of hydrogen-bond donors (Lipinski definition) is 2. The van der Waals surface area contributed by atoms with Crippen LogP contribution in [0.5, 0.6) is 0 Å². The molecule has 0 aromatic carbocycles. The van der Waals surface area contributed by atoms with Crippen molar-refractivity contribution in [3.8, 4) is 0 Å². The molecule has 0 spiro atoms. The van der Waals surface area contributed by atoms with Crippen molar-refractivity contribution in [2.75, 3.05) is 6.54 Å². The van der Waals surface area contributed by atoms with Gasteiger partial charge in [-0.3, -0.25) is 4.79 Å². The maximum Gasteiger partial charge on any atom is 0.326 e. The molecule has 20 heavy (non-hydrogen) atoms. The topological polar surface area (TPSA) is 83.6 Å². The van der Waals surface area contributed by atoms with Crippen molar-refractivity contribution in [2.45, 2.75) is 46.7 Å². The van der Waals surface area contributed by atoms with Crippen LogP contribution in [0.15, 0.2) is 0 Å². The maximum absolute atomic E-state index is 12.4. The normalized spacial score (nSPS) is 32.1. The minimum Gasteiger partial charge on any atom is -0.480 e. The molecule has 2 rings (SSSR count). The van der Waals surface area contributed by atoms with Crippen molar-refractivity contribution in [2.24, 2.45) is 28.4 Å². The minimum absolute atomic E-state index is 0. The number of nitrogens with zero attached hydrogens (tertiary/aromatic N) is 1. The summed E-state index contributed by atoms with van der Waals surface area (Å²) in [7, 11) is 0. The predicted octanol–water partition coefficient (Wildman–Crippen LogP) is 1.35. The number of likely N-dealkylation sites (tertiary alicyclic amines) is 1. The number of hydrogen-bond acceptors (Lipinski definition) is 3. The van der Waals surface area contributed by atoms with Gasteiger partial charge < -0.3 is 15.7 Å². The van der Waals surface area contributed by atoms with E-state index in [0.717, 1.165) is 0 Å². The summed E-state index contributed by atoms with van der Waals surface area (Å²) in [4.78, 5) is 25.4. The summed E-state index contributed by atoms with van der Waals surface area (Å²) in [5.74, 6) is -0.777. The van der Waals surface area contributed by atoms with E-state index < -0.39 is 18.1 Å². The third kappa shape index (κ3) is 2.42. The summed E-state index contributed by atoms with van der Waals surface area (Å²) in [5.41, 5.74) is 5.65. The van der Waals surface area contributed by atoms with E-state index >= 15 is 0 Å². The second-order valence-corrected chi connectivity index (χ2v) is 7.57. The van der Waals surface area contributed by atoms with Crippen LogP contribution in [0.3, 0.4) is 0 Å². The van der Waals surface area contributed by atoms with Gasteiger partial charge in [-0.25, -0.2) is 4.79 Å². The molecule has 0 radical (unpaired) electrons. The molecular weight excluding hydrogens is 280 g/mol. The van der Waals surface area contributed by atoms with Crippen LogP contribution in [0.4, 0.5) is 0 Å². The van der Waals surface area contributed by atoms with Gasteiger partial charge in [0.2, 0.25) is 5.91 Å². The van der Waals surface area contributed by atoms with E-state index in [1.807, 2.05) is 20.8 Å². The monoisotopic (exact) mass is 304 g/mol. The number of carbonyl (C=O) groups is 2. The second kappa shape index (κ2) is 4.88. The highest BCUT2D eigenvalue weighted by Crippen LogP contribution is 2.64. The number of rotatable bonds is 2. The van der Waals surface area contributed by atoms with Crippen LogP contribution in [-0.4, -0.2) is 40.5 Å². The quantitative estimate of drug-likeness (QED) is 0.806. The minimum atomic E-state index is -0.910. The maximum atomic E-state index is 12.4.